The van der Waals surface area contributed by atoms with E-state index in [1.807, 2.05) is 31.7 Å². The molecule has 2 fully saturated rings. The van der Waals surface area contributed by atoms with E-state index in [1.54, 1.807) is 34.6 Å². The second-order valence-electron chi connectivity index (χ2n) is 9.38. The van der Waals surface area contributed by atoms with Gasteiger partial charge in [-0.2, -0.15) is 5.26 Å². The molecule has 0 aliphatic carbocycles. The highest BCUT2D eigenvalue weighted by atomic mass is 32.2. The van der Waals surface area contributed by atoms with Crippen LogP contribution in [0.5, 0.6) is 0 Å². The third-order valence-electron chi connectivity index (χ3n) is 6.68. The van der Waals surface area contributed by atoms with Crippen LogP contribution in [0.2, 0.25) is 0 Å². The lowest BCUT2D eigenvalue weighted by atomic mass is 10.0. The highest BCUT2D eigenvalue weighted by Crippen LogP contribution is 2.37. The number of thioether (sulfide) groups is 1. The van der Waals surface area contributed by atoms with E-state index in [1.165, 1.54) is 17.8 Å². The summed E-state index contributed by atoms with van der Waals surface area (Å²) >= 11 is 6.69. The van der Waals surface area contributed by atoms with E-state index in [9.17, 15) is 19.2 Å². The second kappa shape index (κ2) is 11.1. The molecule has 3 heterocycles. The van der Waals surface area contributed by atoms with E-state index in [-0.39, 0.29) is 28.9 Å². The molecule has 0 unspecified atom stereocenters. The van der Waals surface area contributed by atoms with Crippen molar-refractivity contribution >= 4 is 51.8 Å². The fourth-order valence-corrected chi connectivity index (χ4v) is 6.35. The molecule has 37 heavy (non-hydrogen) atoms. The molecule has 2 saturated heterocycles. The number of carbonyl (C=O) groups is 1. The highest BCUT2D eigenvalue weighted by Gasteiger charge is 2.35. The number of aromatic nitrogens is 1. The van der Waals surface area contributed by atoms with Gasteiger partial charge in [0.2, 0.25) is 0 Å². The molecule has 0 bridgehead atoms. The molecule has 2 aliphatic rings. The average Bonchev–Trinajstić information content (AvgIpc) is 3.15. The number of para-hydroxylation sites is 1. The molecule has 1 aromatic heterocycles. The van der Waals surface area contributed by atoms with Crippen LogP contribution in [0.3, 0.4) is 0 Å². The summed E-state index contributed by atoms with van der Waals surface area (Å²) in [6, 6.07) is 8.72. The Morgan fingerprint density at radius 1 is 1.16 bits per heavy atom. The Bertz CT molecular complexity index is 1370. The summed E-state index contributed by atoms with van der Waals surface area (Å²) in [5.74, 6) is 0.249. The lowest BCUT2D eigenvalue weighted by molar-refractivity contribution is -0.123. The molecule has 10 heteroatoms. The number of amides is 1. The largest absolute Gasteiger partial charge is 0.366 e. The lowest BCUT2D eigenvalue weighted by Crippen LogP contribution is -2.49. The van der Waals surface area contributed by atoms with E-state index in [4.69, 9.17) is 12.2 Å². The second-order valence-corrected chi connectivity index (χ2v) is 11.1. The van der Waals surface area contributed by atoms with Crippen molar-refractivity contribution in [3.8, 4) is 6.07 Å². The molecule has 0 N–H and O–H groups in total. The first kappa shape index (κ1) is 26.9. The van der Waals surface area contributed by atoms with Crippen molar-refractivity contribution in [1.29, 1.82) is 5.26 Å². The predicted octanol–water partition coefficient (Wildman–Crippen LogP) is 4.51. The van der Waals surface area contributed by atoms with Gasteiger partial charge in [0, 0.05) is 44.3 Å². The van der Waals surface area contributed by atoms with Crippen molar-refractivity contribution in [3.05, 3.63) is 62.0 Å². The molecule has 2 aromatic rings. The molecule has 1 amide bonds. The number of carbonyl (C=O) groups excluding carboxylic acids is 1. The standard InChI is InChI=1S/C27H30FN5O2S2/c1-5-10-32-24(31-13-11-30(12-14-31)22-9-7-6-8-21(22)28)19(18(4)20(16-29)25(32)34)15-23-26(35)33(17(2)3)27(36)37-23/h6-9,15,17H,5,10-14H2,1-4H3/b23-15+. The van der Waals surface area contributed by atoms with Crippen molar-refractivity contribution in [2.75, 3.05) is 36.0 Å². The van der Waals surface area contributed by atoms with Crippen LogP contribution in [0, 0.1) is 24.1 Å². The molecule has 0 saturated carbocycles. The smallest absolute Gasteiger partial charge is 0.270 e. The van der Waals surface area contributed by atoms with E-state index in [0.717, 1.165) is 0 Å². The number of halogens is 1. The minimum absolute atomic E-state index is 0.0749. The number of nitriles is 1. The van der Waals surface area contributed by atoms with Crippen molar-refractivity contribution < 1.29 is 9.18 Å². The maximum atomic E-state index is 14.4. The lowest BCUT2D eigenvalue weighted by Gasteiger charge is -2.39. The van der Waals surface area contributed by atoms with Gasteiger partial charge in [0.1, 0.15) is 27.6 Å². The van der Waals surface area contributed by atoms with Crippen LogP contribution in [0.4, 0.5) is 15.9 Å². The van der Waals surface area contributed by atoms with E-state index in [2.05, 4.69) is 11.0 Å². The molecular weight excluding hydrogens is 509 g/mol. The van der Waals surface area contributed by atoms with Gasteiger partial charge in [-0.3, -0.25) is 19.1 Å². The van der Waals surface area contributed by atoms with Gasteiger partial charge in [-0.1, -0.05) is 43.0 Å². The number of piperazine rings is 1. The normalized spacial score (nSPS) is 17.3. The number of anilines is 2. The third kappa shape index (κ3) is 5.03. The van der Waals surface area contributed by atoms with Gasteiger partial charge < -0.3 is 9.80 Å². The Hall–Kier alpha value is -3.16. The summed E-state index contributed by atoms with van der Waals surface area (Å²) in [5.41, 5.74) is 1.52. The molecule has 1 aromatic carbocycles. The van der Waals surface area contributed by atoms with Gasteiger partial charge in [-0.05, 0) is 51.0 Å². The molecule has 2 aliphatic heterocycles. The van der Waals surface area contributed by atoms with Crippen molar-refractivity contribution in [2.45, 2.75) is 46.7 Å². The third-order valence-corrected chi connectivity index (χ3v) is 8.01. The topological polar surface area (TPSA) is 72.6 Å². The Kier molecular flexibility index (Phi) is 8.05. The number of thiocarbonyl (C=S) groups is 1. The predicted molar refractivity (Wildman–Crippen MR) is 151 cm³/mol. The quantitative estimate of drug-likeness (QED) is 0.395. The molecule has 7 nitrogen and oxygen atoms in total. The summed E-state index contributed by atoms with van der Waals surface area (Å²) in [5, 5.41) is 9.83. The van der Waals surface area contributed by atoms with Crippen LogP contribution in [0.1, 0.15) is 43.9 Å². The van der Waals surface area contributed by atoms with Crippen LogP contribution < -0.4 is 15.4 Å². The Morgan fingerprint density at radius 2 is 1.81 bits per heavy atom. The number of rotatable bonds is 6. The number of nitrogens with zero attached hydrogens (tertiary/aromatic N) is 5. The van der Waals surface area contributed by atoms with Gasteiger partial charge in [0.05, 0.1) is 10.6 Å². The molecule has 0 spiro atoms. The minimum atomic E-state index is -0.333. The van der Waals surface area contributed by atoms with Crippen LogP contribution in [-0.4, -0.2) is 51.9 Å². The van der Waals surface area contributed by atoms with Crippen molar-refractivity contribution in [1.82, 2.24) is 9.47 Å². The van der Waals surface area contributed by atoms with Gasteiger partial charge in [0.25, 0.3) is 11.5 Å². The zero-order valence-corrected chi connectivity index (χ0v) is 23.1. The van der Waals surface area contributed by atoms with Gasteiger partial charge in [0.15, 0.2) is 0 Å². The molecule has 4 rings (SSSR count). The minimum Gasteiger partial charge on any atom is -0.366 e. The molecule has 194 valence electrons. The van der Waals surface area contributed by atoms with E-state index in [0.29, 0.717) is 71.0 Å². The number of pyridine rings is 1. The first-order valence-corrected chi connectivity index (χ1v) is 13.6. The van der Waals surface area contributed by atoms with Crippen LogP contribution in [-0.2, 0) is 11.3 Å². The highest BCUT2D eigenvalue weighted by molar-refractivity contribution is 8.26. The Balaban J connectivity index is 1.81. The first-order valence-electron chi connectivity index (χ1n) is 12.4. The van der Waals surface area contributed by atoms with Gasteiger partial charge in [-0.25, -0.2) is 4.39 Å². The van der Waals surface area contributed by atoms with Gasteiger partial charge >= 0.3 is 0 Å². The SMILES string of the molecule is CCCn1c(N2CCN(c3ccccc3F)CC2)c(/C=C2/SC(=S)N(C(C)C)C2=O)c(C)c(C#N)c1=O. The molecular formula is C27H30FN5O2S2. The van der Waals surface area contributed by atoms with Crippen LogP contribution >= 0.6 is 24.0 Å². The van der Waals surface area contributed by atoms with Crippen LogP contribution in [0.25, 0.3) is 6.08 Å². The van der Waals surface area contributed by atoms with Crippen molar-refractivity contribution in [2.24, 2.45) is 0 Å². The fraction of sp³-hybridized carbons (Fsp3) is 0.407. The maximum absolute atomic E-state index is 14.4. The fourth-order valence-electron chi connectivity index (χ4n) is 4.84. The number of benzene rings is 1. The molecule has 0 atom stereocenters. The maximum Gasteiger partial charge on any atom is 0.270 e. The van der Waals surface area contributed by atoms with E-state index >= 15 is 0 Å². The first-order chi connectivity index (χ1) is 17.7. The van der Waals surface area contributed by atoms with Gasteiger partial charge in [-0.15, -0.1) is 0 Å². The monoisotopic (exact) mass is 539 g/mol. The summed E-state index contributed by atoms with van der Waals surface area (Å²) in [6.45, 7) is 10.2. The zero-order chi connectivity index (χ0) is 26.9. The van der Waals surface area contributed by atoms with E-state index < -0.39 is 0 Å². The molecule has 0 radical (unpaired) electrons. The van der Waals surface area contributed by atoms with Crippen molar-refractivity contribution in [3.63, 3.8) is 0 Å². The summed E-state index contributed by atoms with van der Waals surface area (Å²) in [7, 11) is 0. The summed E-state index contributed by atoms with van der Waals surface area (Å²) in [6.07, 6.45) is 2.48. The average molecular weight is 540 g/mol. The van der Waals surface area contributed by atoms with Crippen LogP contribution in [0.15, 0.2) is 34.0 Å². The Labute approximate surface area is 226 Å². The number of hydrogen-bond acceptors (Lipinski definition) is 7. The summed E-state index contributed by atoms with van der Waals surface area (Å²) in [4.78, 5) is 32.7. The zero-order valence-electron chi connectivity index (χ0n) is 21.5. The number of hydrogen-bond donors (Lipinski definition) is 0. The summed E-state index contributed by atoms with van der Waals surface area (Å²) < 4.78 is 16.6. The Morgan fingerprint density at radius 3 is 2.38 bits per heavy atom.